The zero-order valence-corrected chi connectivity index (χ0v) is 13.5. The second-order valence-electron chi connectivity index (χ2n) is 6.23. The topological polar surface area (TPSA) is 50.9 Å². The van der Waals surface area contributed by atoms with Crippen LogP contribution in [-0.4, -0.2) is 25.5 Å². The summed E-state index contributed by atoms with van der Waals surface area (Å²) in [6.45, 7) is 6.91. The Morgan fingerprint density at radius 2 is 1.90 bits per heavy atom. The van der Waals surface area contributed by atoms with Crippen molar-refractivity contribution in [3.05, 3.63) is 47.0 Å². The Balaban J connectivity index is 2.06. The van der Waals surface area contributed by atoms with E-state index in [0.717, 1.165) is 17.9 Å². The Hall–Kier alpha value is -1.39. The molecule has 0 fully saturated rings. The maximum absolute atomic E-state index is 10.7. The summed E-state index contributed by atoms with van der Waals surface area (Å²) < 4.78 is 1.88. The molecule has 1 heterocycles. The zero-order chi connectivity index (χ0) is 15.5. The molecule has 1 unspecified atom stereocenters. The second-order valence-corrected chi connectivity index (χ2v) is 6.67. The molecular weight excluding hydrogens is 286 g/mol. The van der Waals surface area contributed by atoms with Crippen LogP contribution in [0.5, 0.6) is 0 Å². The third kappa shape index (κ3) is 4.83. The van der Waals surface area contributed by atoms with Crippen LogP contribution in [0.15, 0.2) is 30.6 Å². The Morgan fingerprint density at radius 3 is 2.52 bits per heavy atom. The number of nitrogens with zero attached hydrogens (tertiary/aromatic N) is 3. The fourth-order valence-electron chi connectivity index (χ4n) is 2.37. The molecule has 2 aromatic rings. The first-order valence-corrected chi connectivity index (χ1v) is 7.57. The molecule has 21 heavy (non-hydrogen) atoms. The van der Waals surface area contributed by atoms with Gasteiger partial charge in [-0.2, -0.15) is 5.10 Å². The largest absolute Gasteiger partial charge is 0.389 e. The van der Waals surface area contributed by atoms with Crippen LogP contribution in [0.4, 0.5) is 0 Å². The van der Waals surface area contributed by atoms with E-state index < -0.39 is 5.60 Å². The standard InChI is InChI=1S/C16H22ClN3O/c1-12(2)10-20-15(18-11-19-20)9-16(3,21)8-13-4-6-14(17)7-5-13/h4-7,11-12,21H,8-10H2,1-3H3. The van der Waals surface area contributed by atoms with Crippen molar-refractivity contribution in [2.45, 2.75) is 45.8 Å². The fraction of sp³-hybridized carbons (Fsp3) is 0.500. The van der Waals surface area contributed by atoms with Crippen molar-refractivity contribution in [3.63, 3.8) is 0 Å². The predicted molar refractivity (Wildman–Crippen MR) is 84.3 cm³/mol. The van der Waals surface area contributed by atoms with Gasteiger partial charge in [0.2, 0.25) is 0 Å². The van der Waals surface area contributed by atoms with Gasteiger partial charge in [0.15, 0.2) is 0 Å². The van der Waals surface area contributed by atoms with Gasteiger partial charge in [-0.25, -0.2) is 9.67 Å². The number of rotatable bonds is 6. The first kappa shape index (κ1) is 16.0. The van der Waals surface area contributed by atoms with Gasteiger partial charge in [0.05, 0.1) is 5.60 Å². The minimum Gasteiger partial charge on any atom is -0.389 e. The van der Waals surface area contributed by atoms with Gasteiger partial charge in [-0.3, -0.25) is 0 Å². The summed E-state index contributed by atoms with van der Waals surface area (Å²) in [5.41, 5.74) is 0.189. The van der Waals surface area contributed by atoms with E-state index in [1.54, 1.807) is 6.33 Å². The van der Waals surface area contributed by atoms with Crippen LogP contribution in [0.3, 0.4) is 0 Å². The smallest absolute Gasteiger partial charge is 0.138 e. The van der Waals surface area contributed by atoms with Crippen molar-refractivity contribution in [1.29, 1.82) is 0 Å². The molecule has 1 atom stereocenters. The van der Waals surface area contributed by atoms with Crippen molar-refractivity contribution in [2.75, 3.05) is 0 Å². The molecule has 0 aliphatic rings. The number of benzene rings is 1. The maximum Gasteiger partial charge on any atom is 0.138 e. The molecule has 0 saturated heterocycles. The Kier molecular flexibility index (Phi) is 5.01. The van der Waals surface area contributed by atoms with Gasteiger partial charge < -0.3 is 5.11 Å². The molecule has 0 bridgehead atoms. The highest BCUT2D eigenvalue weighted by Gasteiger charge is 2.24. The van der Waals surface area contributed by atoms with E-state index in [1.807, 2.05) is 35.9 Å². The third-order valence-corrected chi connectivity index (χ3v) is 3.52. The summed E-state index contributed by atoms with van der Waals surface area (Å²) in [4.78, 5) is 4.28. The molecule has 5 heteroatoms. The van der Waals surface area contributed by atoms with Crippen molar-refractivity contribution in [2.24, 2.45) is 5.92 Å². The second kappa shape index (κ2) is 6.58. The van der Waals surface area contributed by atoms with Crippen molar-refractivity contribution < 1.29 is 5.11 Å². The summed E-state index contributed by atoms with van der Waals surface area (Å²) in [6, 6.07) is 7.56. The van der Waals surface area contributed by atoms with Crippen molar-refractivity contribution in [3.8, 4) is 0 Å². The average Bonchev–Trinajstić information content (AvgIpc) is 2.77. The zero-order valence-electron chi connectivity index (χ0n) is 12.8. The molecule has 114 valence electrons. The average molecular weight is 308 g/mol. The summed E-state index contributed by atoms with van der Waals surface area (Å²) >= 11 is 5.88. The normalized spacial score (nSPS) is 14.4. The predicted octanol–water partition coefficient (Wildman–Crippen LogP) is 3.12. The first-order valence-electron chi connectivity index (χ1n) is 7.19. The van der Waals surface area contributed by atoms with E-state index in [0.29, 0.717) is 23.8 Å². The van der Waals surface area contributed by atoms with E-state index in [4.69, 9.17) is 11.6 Å². The summed E-state index contributed by atoms with van der Waals surface area (Å²) in [5.74, 6) is 1.31. The Bertz CT molecular complexity index is 575. The SMILES string of the molecule is CC(C)Cn1ncnc1CC(C)(O)Cc1ccc(Cl)cc1. The van der Waals surface area contributed by atoms with Gasteiger partial charge in [0.25, 0.3) is 0 Å². The molecule has 1 aromatic heterocycles. The molecular formula is C16H22ClN3O. The monoisotopic (exact) mass is 307 g/mol. The van der Waals surface area contributed by atoms with Crippen LogP contribution in [0.2, 0.25) is 5.02 Å². The van der Waals surface area contributed by atoms with E-state index >= 15 is 0 Å². The van der Waals surface area contributed by atoms with Gasteiger partial charge in [0.1, 0.15) is 12.2 Å². The highest BCUT2D eigenvalue weighted by Crippen LogP contribution is 2.19. The highest BCUT2D eigenvalue weighted by molar-refractivity contribution is 6.30. The van der Waals surface area contributed by atoms with E-state index in [-0.39, 0.29) is 0 Å². The quantitative estimate of drug-likeness (QED) is 0.892. The number of hydrogen-bond acceptors (Lipinski definition) is 3. The summed E-state index contributed by atoms with van der Waals surface area (Å²) in [6.07, 6.45) is 2.58. The van der Waals surface area contributed by atoms with E-state index in [9.17, 15) is 5.11 Å². The van der Waals surface area contributed by atoms with Crippen LogP contribution >= 0.6 is 11.6 Å². The van der Waals surface area contributed by atoms with E-state index in [2.05, 4.69) is 23.9 Å². The van der Waals surface area contributed by atoms with Crippen LogP contribution < -0.4 is 0 Å². The molecule has 2 rings (SSSR count). The molecule has 4 nitrogen and oxygen atoms in total. The lowest BCUT2D eigenvalue weighted by Crippen LogP contribution is -2.32. The van der Waals surface area contributed by atoms with Crippen molar-refractivity contribution >= 4 is 11.6 Å². The van der Waals surface area contributed by atoms with Gasteiger partial charge in [-0.05, 0) is 30.5 Å². The minimum atomic E-state index is -0.865. The lowest BCUT2D eigenvalue weighted by Gasteiger charge is -2.23. The van der Waals surface area contributed by atoms with Crippen LogP contribution in [0, 0.1) is 5.92 Å². The number of aromatic nitrogens is 3. The van der Waals surface area contributed by atoms with Gasteiger partial charge in [0, 0.05) is 24.4 Å². The van der Waals surface area contributed by atoms with Crippen LogP contribution in [0.25, 0.3) is 0 Å². The molecule has 0 aliphatic carbocycles. The molecule has 0 radical (unpaired) electrons. The highest BCUT2D eigenvalue weighted by atomic mass is 35.5. The van der Waals surface area contributed by atoms with Gasteiger partial charge in [-0.1, -0.05) is 37.6 Å². The summed E-state index contributed by atoms with van der Waals surface area (Å²) in [5, 5.41) is 15.6. The van der Waals surface area contributed by atoms with Crippen molar-refractivity contribution in [1.82, 2.24) is 14.8 Å². The maximum atomic E-state index is 10.7. The van der Waals surface area contributed by atoms with Crippen LogP contribution in [0.1, 0.15) is 32.2 Å². The van der Waals surface area contributed by atoms with E-state index in [1.165, 1.54) is 0 Å². The molecule has 1 N–H and O–H groups in total. The van der Waals surface area contributed by atoms with Gasteiger partial charge in [-0.15, -0.1) is 0 Å². The molecule has 1 aromatic carbocycles. The molecule has 0 saturated carbocycles. The number of halogens is 1. The van der Waals surface area contributed by atoms with Gasteiger partial charge >= 0.3 is 0 Å². The molecule has 0 aliphatic heterocycles. The molecule has 0 spiro atoms. The Labute approximate surface area is 130 Å². The lowest BCUT2D eigenvalue weighted by molar-refractivity contribution is 0.0573. The summed E-state index contributed by atoms with van der Waals surface area (Å²) in [7, 11) is 0. The number of hydrogen-bond donors (Lipinski definition) is 1. The first-order chi connectivity index (χ1) is 9.85. The fourth-order valence-corrected chi connectivity index (χ4v) is 2.49. The van der Waals surface area contributed by atoms with Crippen LogP contribution in [-0.2, 0) is 19.4 Å². The minimum absolute atomic E-state index is 0.475. The third-order valence-electron chi connectivity index (χ3n) is 3.27. The lowest BCUT2D eigenvalue weighted by atomic mass is 9.93. The Morgan fingerprint density at radius 1 is 1.24 bits per heavy atom. The molecule has 0 amide bonds. The number of aliphatic hydroxyl groups is 1.